The number of benzene rings is 2. The molecule has 4 aromatic rings. The minimum atomic E-state index is -0.972. The van der Waals surface area contributed by atoms with Crippen LogP contribution in [0.2, 0.25) is 0 Å². The van der Waals surface area contributed by atoms with Gasteiger partial charge in [-0.15, -0.1) is 0 Å². The molecule has 0 bridgehead atoms. The molecular weight excluding hydrogens is 520 g/mol. The van der Waals surface area contributed by atoms with Gasteiger partial charge in [0.15, 0.2) is 11.4 Å². The molecule has 2 aromatic heterocycles. The molecule has 2 aliphatic rings. The first-order valence-corrected chi connectivity index (χ1v) is 13.5. The maximum atomic E-state index is 11.7. The zero-order chi connectivity index (χ0) is 28.6. The third-order valence-electron chi connectivity index (χ3n) is 7.25. The predicted molar refractivity (Wildman–Crippen MR) is 151 cm³/mol. The molecule has 0 saturated carbocycles. The molecule has 0 spiro atoms. The van der Waals surface area contributed by atoms with Crippen LogP contribution in [0.3, 0.4) is 0 Å². The number of methoxy groups -OCH3 is 1. The molecule has 41 heavy (non-hydrogen) atoms. The Bertz CT molecular complexity index is 1500. The zero-order valence-corrected chi connectivity index (χ0v) is 22.9. The highest BCUT2D eigenvalue weighted by Gasteiger charge is 2.25. The monoisotopic (exact) mass is 552 g/mol. The number of esters is 1. The van der Waals surface area contributed by atoms with E-state index in [9.17, 15) is 9.59 Å². The topological polar surface area (TPSA) is 122 Å². The summed E-state index contributed by atoms with van der Waals surface area (Å²) >= 11 is 0. The van der Waals surface area contributed by atoms with Crippen LogP contribution >= 0.6 is 0 Å². The van der Waals surface area contributed by atoms with Gasteiger partial charge in [-0.3, -0.25) is 9.80 Å². The third-order valence-corrected chi connectivity index (χ3v) is 7.25. The van der Waals surface area contributed by atoms with E-state index in [0.717, 1.165) is 61.7 Å². The van der Waals surface area contributed by atoms with Gasteiger partial charge in [0, 0.05) is 50.4 Å². The number of carboxylic acids is 1. The fraction of sp³-hybridized carbons (Fsp3) is 0.290. The van der Waals surface area contributed by atoms with Gasteiger partial charge in [0.25, 0.3) is 0 Å². The van der Waals surface area contributed by atoms with Crippen LogP contribution in [0.4, 0.5) is 0 Å². The SMILES string of the molecule is COC(=O)c1ncnc2c1CCN(Cc1ccccc1)C2.O=C(O)c1ncnc2c1CCN(Cc1ccccc1)C2. The van der Waals surface area contributed by atoms with Crippen LogP contribution in [-0.2, 0) is 43.8 Å². The number of ether oxygens (including phenoxy) is 1. The van der Waals surface area contributed by atoms with Crippen LogP contribution < -0.4 is 0 Å². The smallest absolute Gasteiger partial charge is 0.357 e. The van der Waals surface area contributed by atoms with Gasteiger partial charge in [-0.05, 0) is 24.0 Å². The van der Waals surface area contributed by atoms with Crippen LogP contribution in [0.25, 0.3) is 0 Å². The molecule has 0 saturated heterocycles. The quantitative estimate of drug-likeness (QED) is 0.355. The van der Waals surface area contributed by atoms with E-state index in [-0.39, 0.29) is 11.7 Å². The largest absolute Gasteiger partial charge is 0.477 e. The number of aromatic nitrogens is 4. The Balaban J connectivity index is 0.000000165. The van der Waals surface area contributed by atoms with Gasteiger partial charge in [-0.1, -0.05) is 60.7 Å². The average Bonchev–Trinajstić information content (AvgIpc) is 3.01. The lowest BCUT2D eigenvalue weighted by atomic mass is 10.0. The van der Waals surface area contributed by atoms with Crippen molar-refractivity contribution in [1.29, 1.82) is 0 Å². The number of nitrogens with zero attached hydrogens (tertiary/aromatic N) is 6. The van der Waals surface area contributed by atoms with E-state index in [0.29, 0.717) is 18.7 Å². The number of carbonyl (C=O) groups is 2. The molecule has 2 aliphatic heterocycles. The van der Waals surface area contributed by atoms with Crippen molar-refractivity contribution in [2.45, 2.75) is 39.0 Å². The fourth-order valence-electron chi connectivity index (χ4n) is 5.23. The van der Waals surface area contributed by atoms with Crippen molar-refractivity contribution in [3.05, 3.63) is 118 Å². The molecule has 0 aliphatic carbocycles. The highest BCUT2D eigenvalue weighted by Crippen LogP contribution is 2.22. The Morgan fingerprint density at radius 1 is 0.732 bits per heavy atom. The first-order valence-electron chi connectivity index (χ1n) is 13.5. The van der Waals surface area contributed by atoms with E-state index in [1.165, 1.54) is 30.9 Å². The summed E-state index contributed by atoms with van der Waals surface area (Å²) in [6, 6.07) is 20.6. The molecule has 0 radical (unpaired) electrons. The van der Waals surface area contributed by atoms with Crippen molar-refractivity contribution in [2.75, 3.05) is 20.2 Å². The lowest BCUT2D eigenvalue weighted by Crippen LogP contribution is -2.32. The van der Waals surface area contributed by atoms with Crippen molar-refractivity contribution in [3.63, 3.8) is 0 Å². The molecule has 0 amide bonds. The van der Waals surface area contributed by atoms with E-state index in [1.54, 1.807) is 0 Å². The summed E-state index contributed by atoms with van der Waals surface area (Å²) in [6.45, 7) is 4.86. The van der Waals surface area contributed by atoms with Gasteiger partial charge < -0.3 is 9.84 Å². The predicted octanol–water partition coefficient (Wildman–Crippen LogP) is 3.55. The zero-order valence-electron chi connectivity index (χ0n) is 22.9. The number of aromatic carboxylic acids is 1. The van der Waals surface area contributed by atoms with Gasteiger partial charge in [-0.2, -0.15) is 0 Å². The van der Waals surface area contributed by atoms with Crippen molar-refractivity contribution < 1.29 is 19.4 Å². The Labute approximate surface area is 238 Å². The van der Waals surface area contributed by atoms with E-state index >= 15 is 0 Å². The summed E-state index contributed by atoms with van der Waals surface area (Å²) in [5.74, 6) is -1.36. The molecule has 6 rings (SSSR count). The molecule has 2 aromatic carbocycles. The van der Waals surface area contributed by atoms with E-state index < -0.39 is 5.97 Å². The second-order valence-corrected chi connectivity index (χ2v) is 9.98. The summed E-state index contributed by atoms with van der Waals surface area (Å²) in [5, 5.41) is 9.14. The molecule has 4 heterocycles. The van der Waals surface area contributed by atoms with Gasteiger partial charge in [0.05, 0.1) is 18.5 Å². The number of fused-ring (bicyclic) bond motifs is 2. The second kappa shape index (κ2) is 13.2. The highest BCUT2D eigenvalue weighted by atomic mass is 16.5. The molecule has 1 N–H and O–H groups in total. The Hall–Kier alpha value is -4.54. The number of hydrogen-bond acceptors (Lipinski definition) is 9. The molecule has 10 nitrogen and oxygen atoms in total. The van der Waals surface area contributed by atoms with E-state index in [2.05, 4.69) is 54.0 Å². The number of rotatable bonds is 6. The van der Waals surface area contributed by atoms with Crippen LogP contribution in [0.1, 0.15) is 54.6 Å². The minimum Gasteiger partial charge on any atom is -0.477 e. The molecule has 10 heteroatoms. The summed E-state index contributed by atoms with van der Waals surface area (Å²) in [7, 11) is 1.38. The highest BCUT2D eigenvalue weighted by molar-refractivity contribution is 5.89. The Kier molecular flexibility index (Phi) is 9.02. The third kappa shape index (κ3) is 6.97. The minimum absolute atomic E-state index is 0.148. The summed E-state index contributed by atoms with van der Waals surface area (Å²) in [5.41, 5.74) is 6.55. The van der Waals surface area contributed by atoms with Crippen LogP contribution in [-0.4, -0.2) is 67.0 Å². The van der Waals surface area contributed by atoms with E-state index in [1.807, 2.05) is 36.4 Å². The maximum absolute atomic E-state index is 11.7. The first kappa shape index (κ1) is 28.0. The normalized spacial score (nSPS) is 14.7. The van der Waals surface area contributed by atoms with Gasteiger partial charge in [0.2, 0.25) is 0 Å². The van der Waals surface area contributed by atoms with Crippen molar-refractivity contribution in [1.82, 2.24) is 29.7 Å². The standard InChI is InChI=1S/C16H17N3O2.C15H15N3O2/c1-21-16(20)15-13-7-8-19(10-14(13)17-11-18-15)9-12-5-3-2-4-6-12;19-15(20)14-12-6-7-18(9-13(12)16-10-17-14)8-11-4-2-1-3-5-11/h2-6,11H,7-10H2,1H3;1-5,10H,6-9H2,(H,19,20). The average molecular weight is 553 g/mol. The number of hydrogen-bond donors (Lipinski definition) is 1. The Morgan fingerprint density at radius 3 is 1.66 bits per heavy atom. The van der Waals surface area contributed by atoms with Crippen molar-refractivity contribution in [3.8, 4) is 0 Å². The van der Waals surface area contributed by atoms with Gasteiger partial charge in [-0.25, -0.2) is 29.5 Å². The molecule has 0 fully saturated rings. The van der Waals surface area contributed by atoms with Crippen LogP contribution in [0.5, 0.6) is 0 Å². The van der Waals surface area contributed by atoms with Gasteiger partial charge >= 0.3 is 11.9 Å². The molecule has 0 atom stereocenters. The summed E-state index contributed by atoms with van der Waals surface area (Å²) in [4.78, 5) is 44.0. The second-order valence-electron chi connectivity index (χ2n) is 9.98. The summed E-state index contributed by atoms with van der Waals surface area (Å²) in [6.07, 6.45) is 4.24. The lowest BCUT2D eigenvalue weighted by Gasteiger charge is -2.28. The Morgan fingerprint density at radius 2 is 1.20 bits per heavy atom. The summed E-state index contributed by atoms with van der Waals surface area (Å²) < 4.78 is 4.78. The number of carboxylic acid groups (broad SMARTS) is 1. The van der Waals surface area contributed by atoms with Crippen LogP contribution in [0.15, 0.2) is 73.3 Å². The van der Waals surface area contributed by atoms with Crippen molar-refractivity contribution >= 4 is 11.9 Å². The molecular formula is C31H32N6O4. The maximum Gasteiger partial charge on any atom is 0.357 e. The number of carbonyl (C=O) groups excluding carboxylic acids is 1. The first-order chi connectivity index (χ1) is 20.0. The molecule has 210 valence electrons. The lowest BCUT2D eigenvalue weighted by molar-refractivity contribution is 0.0590. The van der Waals surface area contributed by atoms with Gasteiger partial charge in [0.1, 0.15) is 12.7 Å². The van der Waals surface area contributed by atoms with Crippen LogP contribution in [0, 0.1) is 0 Å². The van der Waals surface area contributed by atoms with E-state index in [4.69, 9.17) is 9.84 Å². The van der Waals surface area contributed by atoms with Crippen molar-refractivity contribution in [2.24, 2.45) is 0 Å². The fourth-order valence-corrected chi connectivity index (χ4v) is 5.23. The molecule has 0 unspecified atom stereocenters.